The Bertz CT molecular complexity index is 715. The van der Waals surface area contributed by atoms with Crippen LogP contribution in [0.2, 0.25) is 0 Å². The highest BCUT2D eigenvalue weighted by Crippen LogP contribution is 2.32. The Morgan fingerprint density at radius 2 is 1.92 bits per heavy atom. The number of nitrogens with zero attached hydrogens (tertiary/aromatic N) is 1. The molecule has 1 atom stereocenters. The quantitative estimate of drug-likeness (QED) is 0.798. The van der Waals surface area contributed by atoms with E-state index in [0.29, 0.717) is 5.92 Å². The molecule has 1 aliphatic heterocycles. The summed E-state index contributed by atoms with van der Waals surface area (Å²) < 4.78 is 5.28. The van der Waals surface area contributed by atoms with Crippen molar-refractivity contribution in [3.63, 3.8) is 0 Å². The highest BCUT2D eigenvalue weighted by Gasteiger charge is 2.27. The first-order chi connectivity index (χ1) is 11.4. The lowest BCUT2D eigenvalue weighted by Crippen LogP contribution is -2.30. The lowest BCUT2D eigenvalue weighted by Gasteiger charge is -2.21. The standard InChI is InChI=1S/C20H25NO3/c1-20(2,3)24-19(22)14-23-21-12-11-16(13-21)18-10-6-8-15-7-4-5-9-17(15)18/h4-10,16H,11-14H2,1-3H3. The molecule has 0 radical (unpaired) electrons. The lowest BCUT2D eigenvalue weighted by molar-refractivity contribution is -0.186. The van der Waals surface area contributed by atoms with Gasteiger partial charge < -0.3 is 4.74 Å². The molecule has 0 saturated carbocycles. The van der Waals surface area contributed by atoms with Crippen molar-refractivity contribution in [3.8, 4) is 0 Å². The van der Waals surface area contributed by atoms with Crippen molar-refractivity contribution in [2.24, 2.45) is 0 Å². The Morgan fingerprint density at radius 3 is 2.71 bits per heavy atom. The highest BCUT2D eigenvalue weighted by atomic mass is 16.7. The van der Waals surface area contributed by atoms with E-state index in [1.165, 1.54) is 16.3 Å². The van der Waals surface area contributed by atoms with E-state index in [-0.39, 0.29) is 12.6 Å². The molecule has 4 heteroatoms. The van der Waals surface area contributed by atoms with E-state index in [4.69, 9.17) is 9.57 Å². The van der Waals surface area contributed by atoms with Crippen LogP contribution in [-0.2, 0) is 14.4 Å². The van der Waals surface area contributed by atoms with Crippen molar-refractivity contribution in [3.05, 3.63) is 48.0 Å². The highest BCUT2D eigenvalue weighted by molar-refractivity contribution is 5.86. The van der Waals surface area contributed by atoms with Gasteiger partial charge in [-0.2, -0.15) is 5.06 Å². The first kappa shape index (κ1) is 16.9. The Kier molecular flexibility index (Phi) is 4.88. The maximum atomic E-state index is 11.8. The molecule has 0 aliphatic carbocycles. The molecule has 24 heavy (non-hydrogen) atoms. The van der Waals surface area contributed by atoms with E-state index in [2.05, 4.69) is 42.5 Å². The van der Waals surface area contributed by atoms with E-state index < -0.39 is 5.60 Å². The van der Waals surface area contributed by atoms with Gasteiger partial charge in [-0.1, -0.05) is 42.5 Å². The third-order valence-electron chi connectivity index (χ3n) is 4.20. The summed E-state index contributed by atoms with van der Waals surface area (Å²) in [6, 6.07) is 14.9. The molecular weight excluding hydrogens is 302 g/mol. The second-order valence-corrected chi connectivity index (χ2v) is 7.30. The minimum atomic E-state index is -0.475. The number of fused-ring (bicyclic) bond motifs is 1. The van der Waals surface area contributed by atoms with Crippen LogP contribution in [0.5, 0.6) is 0 Å². The summed E-state index contributed by atoms with van der Waals surface area (Å²) in [6.45, 7) is 7.18. The molecule has 1 aliphatic rings. The first-order valence-electron chi connectivity index (χ1n) is 8.50. The van der Waals surface area contributed by atoms with Gasteiger partial charge in [0.05, 0.1) is 0 Å². The van der Waals surface area contributed by atoms with Crippen LogP contribution in [0.25, 0.3) is 10.8 Å². The zero-order chi connectivity index (χ0) is 17.2. The number of hydroxylamine groups is 2. The lowest BCUT2D eigenvalue weighted by atomic mass is 9.93. The summed E-state index contributed by atoms with van der Waals surface area (Å²) >= 11 is 0. The summed E-state index contributed by atoms with van der Waals surface area (Å²) in [7, 11) is 0. The predicted octanol–water partition coefficient (Wildman–Crippen LogP) is 3.90. The monoisotopic (exact) mass is 327 g/mol. The zero-order valence-corrected chi connectivity index (χ0v) is 14.6. The third kappa shape index (κ3) is 4.13. The van der Waals surface area contributed by atoms with Gasteiger partial charge in [-0.25, -0.2) is 4.79 Å². The molecule has 3 rings (SSSR count). The van der Waals surface area contributed by atoms with E-state index in [9.17, 15) is 4.79 Å². The average Bonchev–Trinajstić information content (AvgIpc) is 2.99. The van der Waals surface area contributed by atoms with Crippen molar-refractivity contribution in [2.45, 2.75) is 38.7 Å². The molecule has 0 amide bonds. The largest absolute Gasteiger partial charge is 0.458 e. The van der Waals surface area contributed by atoms with Crippen LogP contribution in [0.15, 0.2) is 42.5 Å². The Balaban J connectivity index is 1.60. The van der Waals surface area contributed by atoms with Crippen LogP contribution < -0.4 is 0 Å². The molecule has 0 bridgehead atoms. The number of hydrogen-bond donors (Lipinski definition) is 0. The van der Waals surface area contributed by atoms with Gasteiger partial charge in [0.1, 0.15) is 5.60 Å². The maximum absolute atomic E-state index is 11.8. The molecule has 0 spiro atoms. The molecule has 128 valence electrons. The van der Waals surface area contributed by atoms with E-state index in [1.54, 1.807) is 0 Å². The number of esters is 1. The number of rotatable bonds is 4. The summed E-state index contributed by atoms with van der Waals surface area (Å²) in [5, 5.41) is 4.46. The third-order valence-corrected chi connectivity index (χ3v) is 4.20. The average molecular weight is 327 g/mol. The second-order valence-electron chi connectivity index (χ2n) is 7.30. The smallest absolute Gasteiger partial charge is 0.334 e. The van der Waals surface area contributed by atoms with Crippen molar-refractivity contribution >= 4 is 16.7 Å². The van der Waals surface area contributed by atoms with E-state index in [0.717, 1.165) is 19.5 Å². The van der Waals surface area contributed by atoms with Crippen LogP contribution in [0.1, 0.15) is 38.7 Å². The van der Waals surface area contributed by atoms with Gasteiger partial charge in [0.2, 0.25) is 0 Å². The number of carbonyl (C=O) groups excluding carboxylic acids is 1. The normalized spacial score (nSPS) is 18.9. The molecule has 1 unspecified atom stereocenters. The van der Waals surface area contributed by atoms with Gasteiger partial charge >= 0.3 is 5.97 Å². The number of hydrogen-bond acceptors (Lipinski definition) is 4. The van der Waals surface area contributed by atoms with E-state index in [1.807, 2.05) is 25.8 Å². The summed E-state index contributed by atoms with van der Waals surface area (Å²) in [5.41, 5.74) is 0.883. The van der Waals surface area contributed by atoms with Crippen molar-refractivity contribution in [2.75, 3.05) is 19.7 Å². The summed E-state index contributed by atoms with van der Waals surface area (Å²) in [4.78, 5) is 17.4. The van der Waals surface area contributed by atoms with Gasteiger partial charge in [0.15, 0.2) is 6.61 Å². The Morgan fingerprint density at radius 1 is 1.17 bits per heavy atom. The maximum Gasteiger partial charge on any atom is 0.334 e. The van der Waals surface area contributed by atoms with Gasteiger partial charge in [-0.15, -0.1) is 0 Å². The summed E-state index contributed by atoms with van der Waals surface area (Å²) in [6.07, 6.45) is 1.03. The topological polar surface area (TPSA) is 38.8 Å². The molecule has 2 aromatic carbocycles. The second kappa shape index (κ2) is 6.91. The first-order valence-corrected chi connectivity index (χ1v) is 8.50. The number of benzene rings is 2. The Labute approximate surface area is 143 Å². The molecule has 0 N–H and O–H groups in total. The SMILES string of the molecule is CC(C)(C)OC(=O)CON1CCC(c2cccc3ccccc23)C1. The minimum Gasteiger partial charge on any atom is -0.458 e. The van der Waals surface area contributed by atoms with Gasteiger partial charge in [-0.05, 0) is 43.5 Å². The van der Waals surface area contributed by atoms with Crippen LogP contribution in [0.4, 0.5) is 0 Å². The molecule has 1 heterocycles. The van der Waals surface area contributed by atoms with Crippen molar-refractivity contribution in [1.29, 1.82) is 0 Å². The van der Waals surface area contributed by atoms with Crippen LogP contribution in [0, 0.1) is 0 Å². The zero-order valence-electron chi connectivity index (χ0n) is 14.6. The van der Waals surface area contributed by atoms with Crippen molar-refractivity contribution in [1.82, 2.24) is 5.06 Å². The number of ether oxygens (including phenoxy) is 1. The summed E-state index contributed by atoms with van der Waals surface area (Å²) in [5.74, 6) is 0.103. The van der Waals surface area contributed by atoms with Crippen LogP contribution in [0.3, 0.4) is 0 Å². The number of carbonyl (C=O) groups is 1. The molecular formula is C20H25NO3. The minimum absolute atomic E-state index is 0.0282. The molecule has 0 aromatic heterocycles. The fraction of sp³-hybridized carbons (Fsp3) is 0.450. The van der Waals surface area contributed by atoms with Crippen LogP contribution >= 0.6 is 0 Å². The van der Waals surface area contributed by atoms with Crippen LogP contribution in [-0.4, -0.2) is 36.3 Å². The van der Waals surface area contributed by atoms with E-state index >= 15 is 0 Å². The van der Waals surface area contributed by atoms with Gasteiger partial charge in [0.25, 0.3) is 0 Å². The van der Waals surface area contributed by atoms with Crippen molar-refractivity contribution < 1.29 is 14.4 Å². The fourth-order valence-electron chi connectivity index (χ4n) is 3.22. The van der Waals surface area contributed by atoms with Gasteiger partial charge in [0, 0.05) is 19.0 Å². The molecule has 1 fully saturated rings. The Hall–Kier alpha value is -1.91. The van der Waals surface area contributed by atoms with Gasteiger partial charge in [-0.3, -0.25) is 4.84 Å². The molecule has 4 nitrogen and oxygen atoms in total. The molecule has 2 aromatic rings. The molecule has 1 saturated heterocycles. The predicted molar refractivity (Wildman–Crippen MR) is 94.7 cm³/mol. The fourth-order valence-corrected chi connectivity index (χ4v) is 3.22.